The quantitative estimate of drug-likeness (QED) is 0.355. The van der Waals surface area contributed by atoms with E-state index in [1.54, 1.807) is 38.4 Å². The van der Waals surface area contributed by atoms with Crippen LogP contribution in [0.5, 0.6) is 0 Å². The van der Waals surface area contributed by atoms with Gasteiger partial charge in [0.05, 0.1) is 29.5 Å². The van der Waals surface area contributed by atoms with Crippen LogP contribution in [0.3, 0.4) is 0 Å². The van der Waals surface area contributed by atoms with Crippen LogP contribution in [0, 0.1) is 5.92 Å². The molecule has 1 aliphatic heterocycles. The molecular formula is C25H28ClN5O5. The van der Waals surface area contributed by atoms with Crippen LogP contribution in [-0.4, -0.2) is 62.3 Å². The van der Waals surface area contributed by atoms with Crippen molar-refractivity contribution in [1.82, 2.24) is 25.2 Å². The topological polar surface area (TPSA) is 126 Å². The number of aromatic nitrogens is 2. The first-order chi connectivity index (χ1) is 17.1. The second-order valence-electron chi connectivity index (χ2n) is 9.70. The fourth-order valence-corrected chi connectivity index (χ4v) is 4.41. The number of hydroxylamine groups is 1. The Bertz CT molecular complexity index is 1280. The van der Waals surface area contributed by atoms with Crippen molar-refractivity contribution in [3.05, 3.63) is 64.9 Å². The molecule has 2 heterocycles. The SMILES string of the molecule is CC(C)(C)OC(=O)N1C[C@H](C(=O)NO)[C@H](NC(=O)c2ccc(Cn3c(Cl)nc4ccccc43)cc2)C1. The van der Waals surface area contributed by atoms with Crippen LogP contribution in [0.25, 0.3) is 11.0 Å². The highest BCUT2D eigenvalue weighted by molar-refractivity contribution is 6.29. The number of carbonyl (C=O) groups is 3. The zero-order chi connectivity index (χ0) is 26.0. The van der Waals surface area contributed by atoms with E-state index in [4.69, 9.17) is 21.5 Å². The lowest BCUT2D eigenvalue weighted by Gasteiger charge is -2.24. The third-order valence-corrected chi connectivity index (χ3v) is 6.19. The Balaban J connectivity index is 1.44. The van der Waals surface area contributed by atoms with E-state index in [0.717, 1.165) is 16.6 Å². The Labute approximate surface area is 213 Å². The predicted molar refractivity (Wildman–Crippen MR) is 133 cm³/mol. The van der Waals surface area contributed by atoms with Gasteiger partial charge in [0.2, 0.25) is 11.2 Å². The average molecular weight is 514 g/mol. The molecule has 3 amide bonds. The molecule has 3 aromatic rings. The lowest BCUT2D eigenvalue weighted by atomic mass is 10.0. The molecular weight excluding hydrogens is 486 g/mol. The van der Waals surface area contributed by atoms with Crippen molar-refractivity contribution >= 4 is 40.5 Å². The van der Waals surface area contributed by atoms with Gasteiger partial charge in [-0.05, 0) is 62.2 Å². The van der Waals surface area contributed by atoms with Gasteiger partial charge in [-0.25, -0.2) is 15.3 Å². The highest BCUT2D eigenvalue weighted by Crippen LogP contribution is 2.23. The van der Waals surface area contributed by atoms with Crippen LogP contribution in [0.1, 0.15) is 36.7 Å². The molecule has 0 spiro atoms. The van der Waals surface area contributed by atoms with Crippen molar-refractivity contribution < 1.29 is 24.3 Å². The Kier molecular flexibility index (Phi) is 7.18. The maximum absolute atomic E-state index is 12.9. The van der Waals surface area contributed by atoms with Gasteiger partial charge in [-0.1, -0.05) is 24.3 Å². The van der Waals surface area contributed by atoms with Crippen LogP contribution < -0.4 is 10.8 Å². The molecule has 1 aliphatic rings. The molecule has 3 N–H and O–H groups in total. The molecule has 2 aromatic carbocycles. The highest BCUT2D eigenvalue weighted by Gasteiger charge is 2.41. The van der Waals surface area contributed by atoms with Gasteiger partial charge in [-0.2, -0.15) is 0 Å². The van der Waals surface area contributed by atoms with Crippen molar-refractivity contribution in [1.29, 1.82) is 0 Å². The molecule has 0 saturated carbocycles. The number of likely N-dealkylation sites (tertiary alicyclic amines) is 1. The van der Waals surface area contributed by atoms with E-state index in [9.17, 15) is 14.4 Å². The standard InChI is InChI=1S/C25H28ClN5O5/c1-25(2,3)36-24(34)30-13-17(22(33)29-35)19(14-30)27-21(32)16-10-8-15(9-11-16)12-31-20-7-5-4-6-18(20)28-23(31)26/h4-11,17,19,35H,12-14H2,1-3H3,(H,27,32)(H,29,33)/t17-,19+/m0/s1. The van der Waals surface area contributed by atoms with E-state index in [1.165, 1.54) is 4.90 Å². The van der Waals surface area contributed by atoms with E-state index < -0.39 is 35.5 Å². The molecule has 10 nitrogen and oxygen atoms in total. The number of rotatable bonds is 5. The molecule has 11 heteroatoms. The summed E-state index contributed by atoms with van der Waals surface area (Å²) < 4.78 is 7.26. The molecule has 1 fully saturated rings. The Morgan fingerprint density at radius 2 is 1.81 bits per heavy atom. The molecule has 0 aliphatic carbocycles. The van der Waals surface area contributed by atoms with Gasteiger partial charge < -0.3 is 19.5 Å². The highest BCUT2D eigenvalue weighted by atomic mass is 35.5. The van der Waals surface area contributed by atoms with Crippen molar-refractivity contribution in [3.63, 3.8) is 0 Å². The average Bonchev–Trinajstić information content (AvgIpc) is 3.39. The van der Waals surface area contributed by atoms with Crippen LogP contribution in [0.15, 0.2) is 48.5 Å². The minimum Gasteiger partial charge on any atom is -0.444 e. The minimum absolute atomic E-state index is 0.00477. The predicted octanol–water partition coefficient (Wildman–Crippen LogP) is 3.21. The van der Waals surface area contributed by atoms with Crippen LogP contribution in [-0.2, 0) is 16.1 Å². The zero-order valence-electron chi connectivity index (χ0n) is 20.2. The number of imidazole rings is 1. The van der Waals surface area contributed by atoms with E-state index in [-0.39, 0.29) is 13.1 Å². The summed E-state index contributed by atoms with van der Waals surface area (Å²) in [5.74, 6) is -1.92. The fraction of sp³-hybridized carbons (Fsp3) is 0.360. The molecule has 190 valence electrons. The second-order valence-corrected chi connectivity index (χ2v) is 10.0. The molecule has 0 bridgehead atoms. The molecule has 36 heavy (non-hydrogen) atoms. The molecule has 2 atom stereocenters. The van der Waals surface area contributed by atoms with Gasteiger partial charge in [0.15, 0.2) is 0 Å². The summed E-state index contributed by atoms with van der Waals surface area (Å²) in [5, 5.41) is 12.3. The third kappa shape index (κ3) is 5.60. The van der Waals surface area contributed by atoms with E-state index in [1.807, 2.05) is 41.0 Å². The summed E-state index contributed by atoms with van der Waals surface area (Å²) in [6, 6.07) is 13.9. The lowest BCUT2D eigenvalue weighted by molar-refractivity contribution is -0.133. The fourth-order valence-electron chi connectivity index (χ4n) is 4.17. The van der Waals surface area contributed by atoms with Crippen LogP contribution in [0.4, 0.5) is 4.79 Å². The van der Waals surface area contributed by atoms with Gasteiger partial charge in [0, 0.05) is 18.7 Å². The summed E-state index contributed by atoms with van der Waals surface area (Å²) in [5.41, 5.74) is 3.93. The van der Waals surface area contributed by atoms with Crippen molar-refractivity contribution in [2.24, 2.45) is 5.92 Å². The number of carbonyl (C=O) groups excluding carboxylic acids is 3. The van der Waals surface area contributed by atoms with Gasteiger partial charge in [-0.15, -0.1) is 0 Å². The summed E-state index contributed by atoms with van der Waals surface area (Å²) in [6.45, 7) is 5.78. The van der Waals surface area contributed by atoms with Crippen LogP contribution in [0.2, 0.25) is 5.28 Å². The summed E-state index contributed by atoms with van der Waals surface area (Å²) in [7, 11) is 0. The van der Waals surface area contributed by atoms with Crippen molar-refractivity contribution in [3.8, 4) is 0 Å². The number of para-hydroxylation sites is 2. The number of halogens is 1. The zero-order valence-corrected chi connectivity index (χ0v) is 21.0. The van der Waals surface area contributed by atoms with E-state index in [2.05, 4.69) is 10.3 Å². The maximum atomic E-state index is 12.9. The monoisotopic (exact) mass is 513 g/mol. The van der Waals surface area contributed by atoms with Crippen molar-refractivity contribution in [2.75, 3.05) is 13.1 Å². The smallest absolute Gasteiger partial charge is 0.410 e. The first kappa shape index (κ1) is 25.5. The maximum Gasteiger partial charge on any atom is 0.410 e. The number of nitrogens with zero attached hydrogens (tertiary/aromatic N) is 3. The first-order valence-corrected chi connectivity index (χ1v) is 11.9. The Hall–Kier alpha value is -3.63. The Morgan fingerprint density at radius 1 is 1.11 bits per heavy atom. The number of amides is 3. The number of benzene rings is 2. The Morgan fingerprint density at radius 3 is 2.47 bits per heavy atom. The third-order valence-electron chi connectivity index (χ3n) is 5.90. The van der Waals surface area contributed by atoms with Crippen molar-refractivity contribution in [2.45, 2.75) is 39.0 Å². The molecule has 1 aromatic heterocycles. The number of nitrogens with one attached hydrogen (secondary N) is 2. The van der Waals surface area contributed by atoms with Gasteiger partial charge in [-0.3, -0.25) is 14.8 Å². The van der Waals surface area contributed by atoms with E-state index in [0.29, 0.717) is 17.4 Å². The van der Waals surface area contributed by atoms with Gasteiger partial charge in [0.1, 0.15) is 5.60 Å². The number of ether oxygens (including phenoxy) is 1. The number of hydrogen-bond donors (Lipinski definition) is 3. The number of fused-ring (bicyclic) bond motifs is 1. The summed E-state index contributed by atoms with van der Waals surface area (Å²) >= 11 is 6.32. The number of hydrogen-bond acceptors (Lipinski definition) is 6. The minimum atomic E-state index is -0.831. The molecule has 4 rings (SSSR count). The molecule has 0 radical (unpaired) electrons. The first-order valence-electron chi connectivity index (χ1n) is 11.5. The molecule has 1 saturated heterocycles. The summed E-state index contributed by atoms with van der Waals surface area (Å²) in [4.78, 5) is 43.3. The van der Waals surface area contributed by atoms with Gasteiger partial charge >= 0.3 is 6.09 Å². The van der Waals surface area contributed by atoms with Gasteiger partial charge in [0.25, 0.3) is 5.91 Å². The largest absolute Gasteiger partial charge is 0.444 e. The molecule has 0 unspecified atom stereocenters. The second kappa shape index (κ2) is 10.2. The van der Waals surface area contributed by atoms with E-state index >= 15 is 0 Å². The summed E-state index contributed by atoms with van der Waals surface area (Å²) in [6.07, 6.45) is -0.593. The van der Waals surface area contributed by atoms with Crippen LogP contribution >= 0.6 is 11.6 Å². The normalized spacial score (nSPS) is 17.8. The lowest BCUT2D eigenvalue weighted by Crippen LogP contribution is -2.45.